The SMILES string of the molecule is CCOc1cc(/C=C2\C(=O)NC(=O)N(c3cccc(Cl)c3C)C2=O)cc(Cl)c1OCc1cccc(F)c1. The second-order valence-corrected chi connectivity index (χ2v) is 8.84. The Kier molecular flexibility index (Phi) is 7.80. The fourth-order valence-corrected chi connectivity index (χ4v) is 4.18. The lowest BCUT2D eigenvalue weighted by atomic mass is 10.1. The van der Waals surface area contributed by atoms with Gasteiger partial charge in [0.25, 0.3) is 11.8 Å². The number of nitrogens with one attached hydrogen (secondary N) is 1. The van der Waals surface area contributed by atoms with E-state index in [1.54, 1.807) is 50.2 Å². The third-order valence-corrected chi connectivity index (χ3v) is 6.19. The number of hydrogen-bond acceptors (Lipinski definition) is 5. The molecule has 4 rings (SSSR count). The first kappa shape index (κ1) is 26.2. The fraction of sp³-hybridized carbons (Fsp3) is 0.148. The van der Waals surface area contributed by atoms with Crippen molar-refractivity contribution in [3.05, 3.63) is 92.7 Å². The molecule has 0 spiro atoms. The molecule has 0 radical (unpaired) electrons. The van der Waals surface area contributed by atoms with Crippen molar-refractivity contribution in [2.45, 2.75) is 20.5 Å². The third-order valence-electron chi connectivity index (χ3n) is 5.50. The normalized spacial score (nSPS) is 14.7. The van der Waals surface area contributed by atoms with E-state index in [4.69, 9.17) is 32.7 Å². The zero-order chi connectivity index (χ0) is 26.7. The number of ether oxygens (including phenoxy) is 2. The summed E-state index contributed by atoms with van der Waals surface area (Å²) in [4.78, 5) is 39.3. The highest BCUT2D eigenvalue weighted by Gasteiger charge is 2.37. The topological polar surface area (TPSA) is 84.9 Å². The molecular weight excluding hydrogens is 522 g/mol. The number of hydrogen-bond donors (Lipinski definition) is 1. The molecule has 0 unspecified atom stereocenters. The number of halogens is 3. The molecule has 3 aromatic carbocycles. The lowest BCUT2D eigenvalue weighted by molar-refractivity contribution is -0.122. The van der Waals surface area contributed by atoms with Crippen LogP contribution in [0, 0.1) is 12.7 Å². The number of urea groups is 1. The number of amides is 4. The third kappa shape index (κ3) is 5.60. The molecule has 3 aromatic rings. The predicted molar refractivity (Wildman–Crippen MR) is 139 cm³/mol. The second kappa shape index (κ2) is 11.0. The van der Waals surface area contributed by atoms with E-state index in [-0.39, 0.29) is 41.0 Å². The average molecular weight is 543 g/mol. The molecule has 0 aromatic heterocycles. The van der Waals surface area contributed by atoms with Gasteiger partial charge in [-0.3, -0.25) is 14.9 Å². The monoisotopic (exact) mass is 542 g/mol. The van der Waals surface area contributed by atoms with Gasteiger partial charge in [-0.15, -0.1) is 0 Å². The summed E-state index contributed by atoms with van der Waals surface area (Å²) in [5, 5.41) is 2.69. The van der Waals surface area contributed by atoms with E-state index in [0.717, 1.165) is 4.90 Å². The van der Waals surface area contributed by atoms with E-state index in [1.807, 2.05) is 0 Å². The molecule has 7 nitrogen and oxygen atoms in total. The molecule has 37 heavy (non-hydrogen) atoms. The highest BCUT2D eigenvalue weighted by atomic mass is 35.5. The molecule has 1 fully saturated rings. The van der Waals surface area contributed by atoms with E-state index in [2.05, 4.69) is 5.32 Å². The number of imide groups is 2. The van der Waals surface area contributed by atoms with Crippen molar-refractivity contribution < 1.29 is 28.2 Å². The largest absolute Gasteiger partial charge is 0.490 e. The van der Waals surface area contributed by atoms with Crippen LogP contribution in [0.2, 0.25) is 10.0 Å². The number of carbonyl (C=O) groups excluding carboxylic acids is 3. The van der Waals surface area contributed by atoms with Gasteiger partial charge in [-0.05, 0) is 73.0 Å². The number of rotatable bonds is 7. The summed E-state index contributed by atoms with van der Waals surface area (Å²) >= 11 is 12.6. The van der Waals surface area contributed by atoms with Gasteiger partial charge in [-0.1, -0.05) is 41.4 Å². The molecule has 0 bridgehead atoms. The number of nitrogens with zero attached hydrogens (tertiary/aromatic N) is 1. The molecule has 1 N–H and O–H groups in total. The van der Waals surface area contributed by atoms with E-state index in [1.165, 1.54) is 24.3 Å². The van der Waals surface area contributed by atoms with E-state index in [0.29, 0.717) is 21.7 Å². The van der Waals surface area contributed by atoms with E-state index < -0.39 is 23.7 Å². The average Bonchev–Trinajstić information content (AvgIpc) is 2.84. The minimum atomic E-state index is -0.883. The Balaban J connectivity index is 1.68. The Morgan fingerprint density at radius 1 is 1.00 bits per heavy atom. The van der Waals surface area contributed by atoms with Crippen molar-refractivity contribution in [2.75, 3.05) is 11.5 Å². The molecule has 0 atom stereocenters. The molecule has 1 aliphatic heterocycles. The number of barbiturate groups is 1. The van der Waals surface area contributed by atoms with Crippen molar-refractivity contribution in [1.82, 2.24) is 5.32 Å². The molecule has 10 heteroatoms. The van der Waals surface area contributed by atoms with Gasteiger partial charge in [-0.25, -0.2) is 14.1 Å². The van der Waals surface area contributed by atoms with Gasteiger partial charge < -0.3 is 9.47 Å². The number of carbonyl (C=O) groups is 3. The van der Waals surface area contributed by atoms with Gasteiger partial charge in [0, 0.05) is 5.02 Å². The molecule has 1 heterocycles. The number of benzene rings is 3. The molecule has 0 aliphatic carbocycles. The molecule has 190 valence electrons. The lowest BCUT2D eigenvalue weighted by Crippen LogP contribution is -2.54. The molecule has 0 saturated carbocycles. The summed E-state index contributed by atoms with van der Waals surface area (Å²) in [6.07, 6.45) is 1.31. The van der Waals surface area contributed by atoms with Crippen LogP contribution in [0.3, 0.4) is 0 Å². The van der Waals surface area contributed by atoms with Crippen molar-refractivity contribution in [1.29, 1.82) is 0 Å². The standard InChI is InChI=1S/C27H21Cl2FN2O5/c1-3-36-23-13-17(12-21(29)24(23)37-14-16-6-4-7-18(30)10-16)11-19-25(33)31-27(35)32(26(19)34)22-9-5-8-20(28)15(22)2/h4-13H,3,14H2,1-2H3,(H,31,33,35)/b19-11+. The summed E-state index contributed by atoms with van der Waals surface area (Å²) in [5.41, 5.74) is 1.42. The van der Waals surface area contributed by atoms with Crippen LogP contribution in [0.15, 0.2) is 60.2 Å². The van der Waals surface area contributed by atoms with Gasteiger partial charge >= 0.3 is 6.03 Å². The van der Waals surface area contributed by atoms with Gasteiger partial charge in [0.2, 0.25) is 0 Å². The summed E-state index contributed by atoms with van der Waals surface area (Å²) < 4.78 is 25.0. The van der Waals surface area contributed by atoms with Gasteiger partial charge in [0.15, 0.2) is 11.5 Å². The highest BCUT2D eigenvalue weighted by Crippen LogP contribution is 2.38. The first-order valence-corrected chi connectivity index (χ1v) is 11.9. The summed E-state index contributed by atoms with van der Waals surface area (Å²) in [5.74, 6) is -1.58. The van der Waals surface area contributed by atoms with Crippen molar-refractivity contribution in [2.24, 2.45) is 0 Å². The molecule has 4 amide bonds. The Morgan fingerprint density at radius 2 is 1.76 bits per heavy atom. The van der Waals surface area contributed by atoms with Crippen molar-refractivity contribution in [3.63, 3.8) is 0 Å². The van der Waals surface area contributed by atoms with E-state index >= 15 is 0 Å². The smallest absolute Gasteiger partial charge is 0.335 e. The maximum atomic E-state index is 13.5. The maximum absolute atomic E-state index is 13.5. The lowest BCUT2D eigenvalue weighted by Gasteiger charge is -2.27. The van der Waals surface area contributed by atoms with Crippen LogP contribution in [0.5, 0.6) is 11.5 Å². The van der Waals surface area contributed by atoms with Crippen LogP contribution in [0.25, 0.3) is 6.08 Å². The van der Waals surface area contributed by atoms with Crippen LogP contribution in [0.4, 0.5) is 14.9 Å². The summed E-state index contributed by atoms with van der Waals surface area (Å²) in [6.45, 7) is 3.75. The Morgan fingerprint density at radius 3 is 2.49 bits per heavy atom. The maximum Gasteiger partial charge on any atom is 0.335 e. The van der Waals surface area contributed by atoms with Crippen LogP contribution in [-0.2, 0) is 16.2 Å². The van der Waals surface area contributed by atoms with Crippen LogP contribution >= 0.6 is 23.2 Å². The van der Waals surface area contributed by atoms with Gasteiger partial charge in [-0.2, -0.15) is 0 Å². The van der Waals surface area contributed by atoms with Crippen molar-refractivity contribution >= 4 is 52.8 Å². The predicted octanol–water partition coefficient (Wildman–Crippen LogP) is 6.09. The minimum absolute atomic E-state index is 0.0366. The molecule has 1 saturated heterocycles. The highest BCUT2D eigenvalue weighted by molar-refractivity contribution is 6.40. The zero-order valence-corrected chi connectivity index (χ0v) is 21.3. The Labute approximate surface area is 222 Å². The zero-order valence-electron chi connectivity index (χ0n) is 19.8. The first-order valence-electron chi connectivity index (χ1n) is 11.2. The summed E-state index contributed by atoms with van der Waals surface area (Å²) in [7, 11) is 0. The van der Waals surface area contributed by atoms with Crippen molar-refractivity contribution in [3.8, 4) is 11.5 Å². The molecular formula is C27H21Cl2FN2O5. The van der Waals surface area contributed by atoms with Gasteiger partial charge in [0.1, 0.15) is 18.0 Å². The number of anilines is 1. The Hall–Kier alpha value is -3.88. The minimum Gasteiger partial charge on any atom is -0.490 e. The fourth-order valence-electron chi connectivity index (χ4n) is 3.74. The quantitative estimate of drug-likeness (QED) is 0.288. The second-order valence-electron chi connectivity index (χ2n) is 8.02. The van der Waals surface area contributed by atoms with Crippen LogP contribution in [-0.4, -0.2) is 24.5 Å². The Bertz CT molecular complexity index is 1440. The van der Waals surface area contributed by atoms with Crippen LogP contribution < -0.4 is 19.7 Å². The first-order chi connectivity index (χ1) is 17.7. The van der Waals surface area contributed by atoms with Gasteiger partial charge in [0.05, 0.1) is 17.3 Å². The van der Waals surface area contributed by atoms with E-state index in [9.17, 15) is 18.8 Å². The van der Waals surface area contributed by atoms with Crippen LogP contribution in [0.1, 0.15) is 23.6 Å². The molecule has 1 aliphatic rings. The summed E-state index contributed by atoms with van der Waals surface area (Å²) in [6, 6.07) is 12.9.